The Kier molecular flexibility index (Phi) is 5.75. The summed E-state index contributed by atoms with van der Waals surface area (Å²) in [5.41, 5.74) is 2.14. The van der Waals surface area contributed by atoms with Gasteiger partial charge in [0, 0.05) is 18.0 Å². The molecule has 0 bridgehead atoms. The van der Waals surface area contributed by atoms with Gasteiger partial charge in [-0.05, 0) is 37.8 Å². The second-order valence-electron chi connectivity index (χ2n) is 7.12. The third-order valence-electron chi connectivity index (χ3n) is 4.97. The minimum atomic E-state index is -3.47. The minimum absolute atomic E-state index is 0.0531. The van der Waals surface area contributed by atoms with Crippen LogP contribution in [0.25, 0.3) is 17.1 Å². The lowest BCUT2D eigenvalue weighted by Gasteiger charge is -2.17. The lowest BCUT2D eigenvalue weighted by Crippen LogP contribution is -2.19. The van der Waals surface area contributed by atoms with E-state index in [0.29, 0.717) is 29.2 Å². The maximum absolute atomic E-state index is 13.2. The number of aromatic nitrogens is 4. The fourth-order valence-corrected chi connectivity index (χ4v) is 5.34. The van der Waals surface area contributed by atoms with Crippen molar-refractivity contribution in [1.29, 1.82) is 0 Å². The normalized spacial score (nSPS) is 14.7. The summed E-state index contributed by atoms with van der Waals surface area (Å²) in [6, 6.07) is 9.34. The first-order valence-electron chi connectivity index (χ1n) is 9.65. The van der Waals surface area contributed by atoms with E-state index in [1.165, 1.54) is 16.4 Å². The van der Waals surface area contributed by atoms with Gasteiger partial charge in [0.05, 0.1) is 11.4 Å². The average Bonchev–Trinajstić information content (AvgIpc) is 2.86. The zero-order chi connectivity index (χ0) is 20.4. The standard InChI is InChI=1S/C19H23N5O3S2/c20-29(26,27)13-7-12-28-19-21-17-16(15-10-5-2-6-11-23(15)19)18(25)24(22-17)14-8-3-1-4-9-14/h1,3-4,8-9H,2,5-7,10-13H2,(H2,20,26,27). The number of fused-ring (bicyclic) bond motifs is 3. The number of primary sulfonamides is 1. The Bertz CT molecular complexity index is 1140. The van der Waals surface area contributed by atoms with Gasteiger partial charge >= 0.3 is 0 Å². The molecule has 0 aliphatic carbocycles. The molecule has 29 heavy (non-hydrogen) atoms. The Labute approximate surface area is 173 Å². The van der Waals surface area contributed by atoms with Crippen molar-refractivity contribution in [2.24, 2.45) is 5.14 Å². The average molecular weight is 434 g/mol. The Morgan fingerprint density at radius 2 is 1.93 bits per heavy atom. The molecular formula is C19H23N5O3S2. The number of hydrogen-bond acceptors (Lipinski definition) is 6. The van der Waals surface area contributed by atoms with Crippen molar-refractivity contribution in [3.05, 3.63) is 46.4 Å². The summed E-state index contributed by atoms with van der Waals surface area (Å²) in [4.78, 5) is 17.8. The van der Waals surface area contributed by atoms with Gasteiger partial charge < -0.3 is 4.57 Å². The van der Waals surface area contributed by atoms with E-state index in [1.54, 1.807) is 0 Å². The molecule has 0 amide bonds. The topological polar surface area (TPSA) is 113 Å². The summed E-state index contributed by atoms with van der Waals surface area (Å²) in [5.74, 6) is 0.974. The molecular weight excluding hydrogens is 410 g/mol. The van der Waals surface area contributed by atoms with Gasteiger partial charge in [-0.15, -0.1) is 5.10 Å². The Morgan fingerprint density at radius 3 is 2.69 bits per heavy atom. The zero-order valence-electron chi connectivity index (χ0n) is 16.0. The first kappa shape index (κ1) is 20.1. The van der Waals surface area contributed by atoms with E-state index in [2.05, 4.69) is 14.6 Å². The van der Waals surface area contributed by atoms with Crippen LogP contribution in [0, 0.1) is 0 Å². The number of sulfonamides is 1. The van der Waals surface area contributed by atoms with Gasteiger partial charge in [-0.25, -0.2) is 18.5 Å². The SMILES string of the molecule is NS(=O)(=O)CCCSc1nc2nn(-c3ccccc3)c(=O)c-2c2n1CCCCC2. The summed E-state index contributed by atoms with van der Waals surface area (Å²) in [7, 11) is -3.47. The van der Waals surface area contributed by atoms with Crippen LogP contribution in [0.4, 0.5) is 0 Å². The monoisotopic (exact) mass is 433 g/mol. The van der Waals surface area contributed by atoms with Crippen LogP contribution in [0.2, 0.25) is 0 Å². The molecule has 0 atom stereocenters. The van der Waals surface area contributed by atoms with Crippen molar-refractivity contribution >= 4 is 21.8 Å². The van der Waals surface area contributed by atoms with Crippen LogP contribution in [-0.2, 0) is 23.0 Å². The van der Waals surface area contributed by atoms with E-state index >= 15 is 0 Å². The lowest BCUT2D eigenvalue weighted by atomic mass is 10.1. The molecule has 4 rings (SSSR count). The van der Waals surface area contributed by atoms with Gasteiger partial charge in [0.1, 0.15) is 5.56 Å². The molecule has 0 saturated heterocycles. The maximum Gasteiger partial charge on any atom is 0.284 e. The first-order valence-corrected chi connectivity index (χ1v) is 12.4. The third-order valence-corrected chi connectivity index (χ3v) is 6.89. The van der Waals surface area contributed by atoms with Crippen LogP contribution in [0.15, 0.2) is 40.3 Å². The van der Waals surface area contributed by atoms with Crippen LogP contribution >= 0.6 is 11.8 Å². The number of nitrogens with zero attached hydrogens (tertiary/aromatic N) is 4. The summed E-state index contributed by atoms with van der Waals surface area (Å²) in [5, 5.41) is 10.4. The molecule has 2 N–H and O–H groups in total. The fourth-order valence-electron chi connectivity index (χ4n) is 3.63. The van der Waals surface area contributed by atoms with Crippen LogP contribution in [-0.4, -0.2) is 39.3 Å². The third kappa shape index (κ3) is 4.39. The molecule has 1 aromatic carbocycles. The van der Waals surface area contributed by atoms with Crippen molar-refractivity contribution in [3.63, 3.8) is 0 Å². The summed E-state index contributed by atoms with van der Waals surface area (Å²) in [6.07, 6.45) is 4.39. The Morgan fingerprint density at radius 1 is 1.14 bits per heavy atom. The number of benzene rings is 1. The molecule has 0 unspecified atom stereocenters. The highest BCUT2D eigenvalue weighted by atomic mass is 32.2. The highest BCUT2D eigenvalue weighted by Gasteiger charge is 2.27. The van der Waals surface area contributed by atoms with Crippen LogP contribution < -0.4 is 10.7 Å². The zero-order valence-corrected chi connectivity index (χ0v) is 17.6. The van der Waals surface area contributed by atoms with Crippen molar-refractivity contribution < 1.29 is 8.42 Å². The largest absolute Gasteiger partial charge is 0.324 e. The van der Waals surface area contributed by atoms with Gasteiger partial charge in [-0.3, -0.25) is 4.79 Å². The van der Waals surface area contributed by atoms with E-state index in [1.807, 2.05) is 30.3 Å². The predicted molar refractivity (Wildman–Crippen MR) is 113 cm³/mol. The highest BCUT2D eigenvalue weighted by Crippen LogP contribution is 2.30. The second-order valence-corrected chi connectivity index (χ2v) is 9.92. The molecule has 3 heterocycles. The molecule has 1 aromatic rings. The van der Waals surface area contributed by atoms with Crippen molar-refractivity contribution in [1.82, 2.24) is 19.3 Å². The second kappa shape index (κ2) is 8.29. The van der Waals surface area contributed by atoms with Crippen LogP contribution in [0.1, 0.15) is 31.4 Å². The number of thioether (sulfide) groups is 1. The first-order chi connectivity index (χ1) is 13.9. The predicted octanol–water partition coefficient (Wildman–Crippen LogP) is 2.03. The van der Waals surface area contributed by atoms with E-state index in [0.717, 1.165) is 43.1 Å². The van der Waals surface area contributed by atoms with E-state index in [9.17, 15) is 13.2 Å². The van der Waals surface area contributed by atoms with Crippen molar-refractivity contribution in [2.45, 2.75) is 43.8 Å². The quantitative estimate of drug-likeness (QED) is 0.362. The summed E-state index contributed by atoms with van der Waals surface area (Å²) >= 11 is 1.49. The molecule has 0 fully saturated rings. The number of para-hydroxylation sites is 1. The van der Waals surface area contributed by atoms with Gasteiger partial charge in [-0.2, -0.15) is 4.68 Å². The molecule has 0 saturated carbocycles. The number of hydrogen-bond donors (Lipinski definition) is 1. The van der Waals surface area contributed by atoms with E-state index in [4.69, 9.17) is 5.14 Å². The molecule has 0 aromatic heterocycles. The maximum atomic E-state index is 13.2. The number of rotatable bonds is 6. The molecule has 3 aliphatic rings. The molecule has 0 spiro atoms. The van der Waals surface area contributed by atoms with E-state index < -0.39 is 10.0 Å². The van der Waals surface area contributed by atoms with Crippen molar-refractivity contribution in [2.75, 3.05) is 11.5 Å². The summed E-state index contributed by atoms with van der Waals surface area (Å²) < 4.78 is 25.9. The number of nitrogens with two attached hydrogens (primary N) is 1. The fraction of sp³-hybridized carbons (Fsp3) is 0.421. The molecule has 10 heteroatoms. The minimum Gasteiger partial charge on any atom is -0.324 e. The van der Waals surface area contributed by atoms with Gasteiger partial charge in [0.15, 0.2) is 11.0 Å². The van der Waals surface area contributed by atoms with Gasteiger partial charge in [0.25, 0.3) is 5.56 Å². The van der Waals surface area contributed by atoms with Crippen LogP contribution in [0.5, 0.6) is 0 Å². The van der Waals surface area contributed by atoms with Gasteiger partial charge in [0.2, 0.25) is 10.0 Å². The lowest BCUT2D eigenvalue weighted by molar-refractivity contribution is 0.571. The smallest absolute Gasteiger partial charge is 0.284 e. The Hall–Kier alpha value is -2.17. The molecule has 0 radical (unpaired) electrons. The highest BCUT2D eigenvalue weighted by molar-refractivity contribution is 7.99. The Balaban J connectivity index is 1.76. The molecule has 3 aliphatic heterocycles. The van der Waals surface area contributed by atoms with Crippen molar-refractivity contribution in [3.8, 4) is 17.1 Å². The molecule has 8 nitrogen and oxygen atoms in total. The summed E-state index contributed by atoms with van der Waals surface area (Å²) in [6.45, 7) is 0.797. The van der Waals surface area contributed by atoms with Gasteiger partial charge in [-0.1, -0.05) is 36.4 Å². The van der Waals surface area contributed by atoms with E-state index in [-0.39, 0.29) is 11.3 Å². The molecule has 154 valence electrons. The van der Waals surface area contributed by atoms with Crippen LogP contribution in [0.3, 0.4) is 0 Å².